The van der Waals surface area contributed by atoms with Gasteiger partial charge in [-0.05, 0) is 92.7 Å². The molecule has 0 fully saturated rings. The molecule has 0 aliphatic heterocycles. The number of hydrogen-bond acceptors (Lipinski definition) is 3. The van der Waals surface area contributed by atoms with Crippen molar-refractivity contribution in [1.82, 2.24) is 4.98 Å². The molecule has 0 saturated heterocycles. The van der Waals surface area contributed by atoms with E-state index < -0.39 is 0 Å². The number of rotatable bonds is 4. The Morgan fingerprint density at radius 2 is 1.07 bits per heavy atom. The number of anilines is 3. The summed E-state index contributed by atoms with van der Waals surface area (Å²) in [6, 6.07) is 54.1. The zero-order chi connectivity index (χ0) is 29.0. The van der Waals surface area contributed by atoms with Gasteiger partial charge in [0.2, 0.25) is 5.71 Å². The van der Waals surface area contributed by atoms with Gasteiger partial charge in [0.25, 0.3) is 0 Å². The lowest BCUT2D eigenvalue weighted by molar-refractivity contribution is 0.658. The second-order valence-corrected chi connectivity index (χ2v) is 11.2. The molecule has 44 heavy (non-hydrogen) atoms. The van der Waals surface area contributed by atoms with E-state index in [0.29, 0.717) is 5.71 Å². The summed E-state index contributed by atoms with van der Waals surface area (Å²) in [5.74, 6) is 0. The summed E-state index contributed by atoms with van der Waals surface area (Å²) in [6.45, 7) is 0. The maximum atomic E-state index is 6.36. The third kappa shape index (κ3) is 3.94. The number of nitrogens with zero attached hydrogens (tertiary/aromatic N) is 2. The first-order valence-corrected chi connectivity index (χ1v) is 14.9. The van der Waals surface area contributed by atoms with Gasteiger partial charge in [-0.25, -0.2) is 4.98 Å². The monoisotopic (exact) mass is 562 g/mol. The van der Waals surface area contributed by atoms with Crippen LogP contribution in [-0.4, -0.2) is 4.98 Å². The predicted octanol–water partition coefficient (Wildman–Crippen LogP) is 11.6. The molecule has 0 bridgehead atoms. The largest absolute Gasteiger partial charge is 0.437 e. The summed E-state index contributed by atoms with van der Waals surface area (Å²) in [4.78, 5) is 6.83. The van der Waals surface area contributed by atoms with Gasteiger partial charge >= 0.3 is 0 Å². The molecule has 0 N–H and O–H groups in total. The molecule has 3 heteroatoms. The highest BCUT2D eigenvalue weighted by atomic mass is 16.3. The first-order valence-electron chi connectivity index (χ1n) is 14.9. The smallest absolute Gasteiger partial charge is 0.227 e. The van der Waals surface area contributed by atoms with Gasteiger partial charge in [0, 0.05) is 39.4 Å². The van der Waals surface area contributed by atoms with Gasteiger partial charge < -0.3 is 9.32 Å². The van der Waals surface area contributed by atoms with Crippen molar-refractivity contribution in [3.05, 3.63) is 158 Å². The quantitative estimate of drug-likeness (QED) is 0.200. The second kappa shape index (κ2) is 9.82. The molecule has 0 saturated carbocycles. The van der Waals surface area contributed by atoms with Crippen molar-refractivity contribution in [2.75, 3.05) is 4.90 Å². The Hall–Kier alpha value is -5.93. The second-order valence-electron chi connectivity index (χ2n) is 11.2. The molecule has 0 unspecified atom stereocenters. The van der Waals surface area contributed by atoms with Gasteiger partial charge in [-0.3, -0.25) is 0 Å². The van der Waals surface area contributed by atoms with E-state index in [-0.39, 0.29) is 0 Å². The highest BCUT2D eigenvalue weighted by Gasteiger charge is 2.17. The molecule has 0 aliphatic carbocycles. The first-order chi connectivity index (χ1) is 21.8. The van der Waals surface area contributed by atoms with E-state index in [2.05, 4.69) is 155 Å². The van der Waals surface area contributed by atoms with Crippen molar-refractivity contribution in [2.24, 2.45) is 0 Å². The SMILES string of the molecule is c1ccc(-c2ccc(N(c3ccc4ccccc4c3)c3ccc4c(ccc5ccc6c7cccnc7oc6c54)c3)cc2)cc1. The summed E-state index contributed by atoms with van der Waals surface area (Å²) in [6.07, 6.45) is 1.78. The van der Waals surface area contributed by atoms with Crippen LogP contribution in [-0.2, 0) is 0 Å². The van der Waals surface area contributed by atoms with E-state index in [0.717, 1.165) is 55.0 Å². The lowest BCUT2D eigenvalue weighted by Gasteiger charge is -2.26. The van der Waals surface area contributed by atoms with Crippen LogP contribution < -0.4 is 4.90 Å². The summed E-state index contributed by atoms with van der Waals surface area (Å²) >= 11 is 0. The Bertz CT molecular complexity index is 2490. The Balaban J connectivity index is 1.24. The molecule has 0 atom stereocenters. The molecule has 9 aromatic rings. The molecule has 0 aliphatic rings. The van der Waals surface area contributed by atoms with Crippen LogP contribution in [0.4, 0.5) is 17.1 Å². The molecule has 0 spiro atoms. The van der Waals surface area contributed by atoms with Crippen LogP contribution in [0.25, 0.3) is 65.5 Å². The summed E-state index contributed by atoms with van der Waals surface area (Å²) < 4.78 is 6.36. The third-order valence-electron chi connectivity index (χ3n) is 8.68. The molecule has 3 nitrogen and oxygen atoms in total. The zero-order valence-corrected chi connectivity index (χ0v) is 23.8. The van der Waals surface area contributed by atoms with Crippen LogP contribution in [0.5, 0.6) is 0 Å². The molecular weight excluding hydrogens is 536 g/mol. The van der Waals surface area contributed by atoms with Crippen molar-refractivity contribution in [3.63, 3.8) is 0 Å². The number of aromatic nitrogens is 1. The van der Waals surface area contributed by atoms with Crippen LogP contribution in [0.2, 0.25) is 0 Å². The van der Waals surface area contributed by atoms with Gasteiger partial charge in [-0.15, -0.1) is 0 Å². The van der Waals surface area contributed by atoms with Crippen molar-refractivity contribution >= 4 is 71.4 Å². The summed E-state index contributed by atoms with van der Waals surface area (Å²) in [7, 11) is 0. The Morgan fingerprint density at radius 1 is 0.432 bits per heavy atom. The van der Waals surface area contributed by atoms with Crippen molar-refractivity contribution in [1.29, 1.82) is 0 Å². The molecule has 9 rings (SSSR count). The van der Waals surface area contributed by atoms with E-state index in [1.165, 1.54) is 21.9 Å². The average Bonchev–Trinajstić information content (AvgIpc) is 3.48. The van der Waals surface area contributed by atoms with Crippen LogP contribution in [0, 0.1) is 0 Å². The molecular formula is C41H26N2O. The van der Waals surface area contributed by atoms with Crippen molar-refractivity contribution in [3.8, 4) is 11.1 Å². The summed E-state index contributed by atoms with van der Waals surface area (Å²) in [5, 5.41) is 9.16. The molecule has 0 amide bonds. The lowest BCUT2D eigenvalue weighted by atomic mass is 9.98. The van der Waals surface area contributed by atoms with E-state index in [1.807, 2.05) is 6.07 Å². The highest BCUT2D eigenvalue weighted by Crippen LogP contribution is 2.41. The number of furan rings is 1. The lowest BCUT2D eigenvalue weighted by Crippen LogP contribution is -2.10. The molecule has 2 aromatic heterocycles. The molecule has 206 valence electrons. The van der Waals surface area contributed by atoms with Crippen LogP contribution in [0.1, 0.15) is 0 Å². The van der Waals surface area contributed by atoms with Gasteiger partial charge in [0.15, 0.2) is 0 Å². The number of hydrogen-bond donors (Lipinski definition) is 0. The Morgan fingerprint density at radius 3 is 1.93 bits per heavy atom. The van der Waals surface area contributed by atoms with Gasteiger partial charge in [0.1, 0.15) is 5.58 Å². The third-order valence-corrected chi connectivity index (χ3v) is 8.68. The molecule has 0 radical (unpaired) electrons. The number of fused-ring (bicyclic) bond motifs is 8. The standard InChI is InChI=1S/C41H26N2O/c1-2-7-27(8-3-1)29-14-18-33(19-15-29)43(34-20-16-28-9-4-5-10-31(28)25-34)35-21-23-36-32(26-35)13-12-30-17-22-37-38-11-6-24-42-41(38)44-40(37)39(30)36/h1-26H. The van der Waals surface area contributed by atoms with Crippen LogP contribution in [0.3, 0.4) is 0 Å². The topological polar surface area (TPSA) is 29.3 Å². The first kappa shape index (κ1) is 24.6. The van der Waals surface area contributed by atoms with E-state index in [1.54, 1.807) is 6.20 Å². The van der Waals surface area contributed by atoms with Crippen LogP contribution in [0.15, 0.2) is 162 Å². The fourth-order valence-electron chi connectivity index (χ4n) is 6.54. The van der Waals surface area contributed by atoms with Gasteiger partial charge in [-0.1, -0.05) is 97.1 Å². The van der Waals surface area contributed by atoms with Crippen molar-refractivity contribution < 1.29 is 4.42 Å². The minimum atomic E-state index is 0.671. The fourth-order valence-corrected chi connectivity index (χ4v) is 6.54. The number of benzene rings is 7. The maximum Gasteiger partial charge on any atom is 0.227 e. The predicted molar refractivity (Wildman–Crippen MR) is 184 cm³/mol. The van der Waals surface area contributed by atoms with E-state index in [9.17, 15) is 0 Å². The van der Waals surface area contributed by atoms with Crippen molar-refractivity contribution in [2.45, 2.75) is 0 Å². The normalized spacial score (nSPS) is 11.6. The average molecular weight is 563 g/mol. The maximum absolute atomic E-state index is 6.36. The van der Waals surface area contributed by atoms with E-state index in [4.69, 9.17) is 4.42 Å². The summed E-state index contributed by atoms with van der Waals surface area (Å²) in [5.41, 5.74) is 7.27. The van der Waals surface area contributed by atoms with Gasteiger partial charge in [-0.2, -0.15) is 0 Å². The van der Waals surface area contributed by atoms with E-state index >= 15 is 0 Å². The minimum Gasteiger partial charge on any atom is -0.437 e. The highest BCUT2D eigenvalue weighted by molar-refractivity contribution is 6.23. The fraction of sp³-hybridized carbons (Fsp3) is 0. The number of pyridine rings is 1. The molecule has 7 aromatic carbocycles. The van der Waals surface area contributed by atoms with Crippen LogP contribution >= 0.6 is 0 Å². The molecule has 2 heterocycles. The zero-order valence-electron chi connectivity index (χ0n) is 23.8. The Labute approximate surface area is 254 Å². The Kier molecular flexibility index (Phi) is 5.50. The van der Waals surface area contributed by atoms with Gasteiger partial charge in [0.05, 0.1) is 0 Å². The minimum absolute atomic E-state index is 0.671.